The minimum absolute atomic E-state index is 0. The predicted octanol–water partition coefficient (Wildman–Crippen LogP) is 2.24. The van der Waals surface area contributed by atoms with Gasteiger partial charge >= 0.3 is 0 Å². The second kappa shape index (κ2) is 11.6. The molecule has 1 aliphatic heterocycles. The van der Waals surface area contributed by atoms with Gasteiger partial charge in [-0.05, 0) is 40.8 Å². The molecule has 10 heteroatoms. The summed E-state index contributed by atoms with van der Waals surface area (Å²) in [7, 11) is -1.69. The van der Waals surface area contributed by atoms with Gasteiger partial charge in [0.05, 0.1) is 12.3 Å². The van der Waals surface area contributed by atoms with Crippen LogP contribution < -0.4 is 10.6 Å². The van der Waals surface area contributed by atoms with Crippen molar-refractivity contribution < 1.29 is 17.6 Å². The van der Waals surface area contributed by atoms with Crippen molar-refractivity contribution >= 4 is 45.7 Å². The Morgan fingerprint density at radius 3 is 2.53 bits per heavy atom. The monoisotopic (exact) mass is 574 g/mol. The van der Waals surface area contributed by atoms with E-state index in [2.05, 4.69) is 21.7 Å². The number of guanidine groups is 1. The Balaban J connectivity index is 0.00000363. The Kier molecular flexibility index (Phi) is 9.44. The summed E-state index contributed by atoms with van der Waals surface area (Å²) in [6.45, 7) is 1.50. The van der Waals surface area contributed by atoms with E-state index in [4.69, 9.17) is 0 Å². The fourth-order valence-electron chi connectivity index (χ4n) is 3.56. The molecule has 174 valence electrons. The number of fused-ring (bicyclic) bond motifs is 1. The van der Waals surface area contributed by atoms with Crippen LogP contribution in [0.5, 0.6) is 0 Å². The number of nitrogens with zero attached hydrogens (tertiary/aromatic N) is 2. The van der Waals surface area contributed by atoms with Crippen LogP contribution in [0.3, 0.4) is 0 Å². The number of carbonyl (C=O) groups is 1. The van der Waals surface area contributed by atoms with Crippen LogP contribution in [0, 0.1) is 5.82 Å². The Morgan fingerprint density at radius 2 is 1.84 bits per heavy atom. The van der Waals surface area contributed by atoms with Gasteiger partial charge in [0.25, 0.3) is 0 Å². The smallest absolute Gasteiger partial charge is 0.242 e. The lowest BCUT2D eigenvalue weighted by molar-refractivity contribution is -0.130. The van der Waals surface area contributed by atoms with Crippen LogP contribution in [0.4, 0.5) is 4.39 Å². The number of amides is 1. The van der Waals surface area contributed by atoms with Gasteiger partial charge < -0.3 is 15.5 Å². The van der Waals surface area contributed by atoms with Gasteiger partial charge in [0.1, 0.15) is 5.82 Å². The van der Waals surface area contributed by atoms with Crippen molar-refractivity contribution in [2.24, 2.45) is 4.99 Å². The predicted molar refractivity (Wildman–Crippen MR) is 134 cm³/mol. The molecule has 1 aliphatic rings. The first-order valence-corrected chi connectivity index (χ1v) is 12.1. The van der Waals surface area contributed by atoms with Crippen molar-refractivity contribution in [3.05, 3.63) is 70.5 Å². The molecule has 0 aliphatic carbocycles. The number of sulfone groups is 1. The van der Waals surface area contributed by atoms with Crippen LogP contribution >= 0.6 is 24.0 Å². The molecule has 2 aromatic carbocycles. The molecule has 0 saturated carbocycles. The number of hydrogen-bond acceptors (Lipinski definition) is 4. The van der Waals surface area contributed by atoms with Crippen LogP contribution in [-0.2, 0) is 39.9 Å². The summed E-state index contributed by atoms with van der Waals surface area (Å²) in [4.78, 5) is 18.5. The van der Waals surface area contributed by atoms with E-state index in [0.29, 0.717) is 30.2 Å². The van der Waals surface area contributed by atoms with E-state index < -0.39 is 15.7 Å². The standard InChI is InChI=1S/C22H27FN4O3S.HI/c1-24-22(25-12-19-11-20(23)8-7-18(19)15-31(2,29)30)26-13-21(28)27-10-9-16-5-3-4-6-17(16)14-27;/h3-8,11H,9-10,12-15H2,1-2H3,(H2,24,25,26);1H. The highest BCUT2D eigenvalue weighted by Gasteiger charge is 2.20. The largest absolute Gasteiger partial charge is 0.352 e. The molecule has 1 amide bonds. The molecule has 32 heavy (non-hydrogen) atoms. The summed E-state index contributed by atoms with van der Waals surface area (Å²) in [5.74, 6) is -0.288. The zero-order chi connectivity index (χ0) is 22.4. The van der Waals surface area contributed by atoms with E-state index in [-0.39, 0.29) is 48.7 Å². The van der Waals surface area contributed by atoms with Crippen molar-refractivity contribution in [2.75, 3.05) is 26.4 Å². The molecule has 3 rings (SSSR count). The number of nitrogens with one attached hydrogen (secondary N) is 2. The molecule has 0 fully saturated rings. The number of hydrogen-bond donors (Lipinski definition) is 2. The lowest BCUT2D eigenvalue weighted by Crippen LogP contribution is -2.45. The van der Waals surface area contributed by atoms with Gasteiger partial charge in [-0.2, -0.15) is 0 Å². The fourth-order valence-corrected chi connectivity index (χ4v) is 4.41. The molecule has 0 bridgehead atoms. The van der Waals surface area contributed by atoms with Crippen molar-refractivity contribution in [2.45, 2.75) is 25.3 Å². The SMILES string of the molecule is CN=C(NCC(=O)N1CCc2ccccc2C1)NCc1cc(F)ccc1CS(C)(=O)=O.I. The zero-order valence-electron chi connectivity index (χ0n) is 18.1. The van der Waals surface area contributed by atoms with Crippen LogP contribution in [0.1, 0.15) is 22.3 Å². The number of benzene rings is 2. The molecule has 0 spiro atoms. The molecule has 0 unspecified atom stereocenters. The van der Waals surface area contributed by atoms with Gasteiger partial charge in [-0.1, -0.05) is 30.3 Å². The Morgan fingerprint density at radius 1 is 1.12 bits per heavy atom. The van der Waals surface area contributed by atoms with E-state index in [0.717, 1.165) is 18.2 Å². The number of aliphatic imine (C=N–C) groups is 1. The Hall–Kier alpha value is -2.21. The molecular formula is C22H28FIN4O3S. The van der Waals surface area contributed by atoms with Gasteiger partial charge in [-0.25, -0.2) is 12.8 Å². The van der Waals surface area contributed by atoms with E-state index in [1.807, 2.05) is 18.2 Å². The minimum Gasteiger partial charge on any atom is -0.352 e. The summed E-state index contributed by atoms with van der Waals surface area (Å²) in [6, 6.07) is 12.1. The summed E-state index contributed by atoms with van der Waals surface area (Å²) in [5.41, 5.74) is 3.48. The first-order chi connectivity index (χ1) is 14.7. The van der Waals surface area contributed by atoms with Crippen molar-refractivity contribution in [3.63, 3.8) is 0 Å². The molecule has 7 nitrogen and oxygen atoms in total. The summed E-state index contributed by atoms with van der Waals surface area (Å²) in [6.07, 6.45) is 1.97. The van der Waals surface area contributed by atoms with Gasteiger partial charge in [0.2, 0.25) is 5.91 Å². The van der Waals surface area contributed by atoms with Gasteiger partial charge in [-0.15, -0.1) is 24.0 Å². The highest BCUT2D eigenvalue weighted by molar-refractivity contribution is 14.0. The molecule has 2 N–H and O–H groups in total. The fraction of sp³-hybridized carbons (Fsp3) is 0.364. The van der Waals surface area contributed by atoms with E-state index in [1.54, 1.807) is 11.9 Å². The third kappa shape index (κ3) is 7.44. The molecule has 2 aromatic rings. The van der Waals surface area contributed by atoms with Crippen LogP contribution in [0.15, 0.2) is 47.5 Å². The van der Waals surface area contributed by atoms with Crippen molar-refractivity contribution in [1.29, 1.82) is 0 Å². The van der Waals surface area contributed by atoms with Crippen molar-refractivity contribution in [3.8, 4) is 0 Å². The molecule has 0 atom stereocenters. The second-order valence-corrected chi connectivity index (χ2v) is 9.74. The van der Waals surface area contributed by atoms with E-state index in [9.17, 15) is 17.6 Å². The Bertz CT molecular complexity index is 1090. The third-order valence-corrected chi connectivity index (χ3v) is 5.98. The van der Waals surface area contributed by atoms with Crippen molar-refractivity contribution in [1.82, 2.24) is 15.5 Å². The summed E-state index contributed by atoms with van der Waals surface area (Å²) < 4.78 is 37.0. The summed E-state index contributed by atoms with van der Waals surface area (Å²) in [5, 5.41) is 6.00. The first kappa shape index (κ1) is 26.0. The maximum absolute atomic E-state index is 13.7. The molecule has 0 radical (unpaired) electrons. The molecule has 1 heterocycles. The maximum atomic E-state index is 13.7. The topological polar surface area (TPSA) is 90.9 Å². The number of rotatable bonds is 6. The number of halogens is 2. The quantitative estimate of drug-likeness (QED) is 0.314. The van der Waals surface area contributed by atoms with Gasteiger partial charge in [-0.3, -0.25) is 9.79 Å². The first-order valence-electron chi connectivity index (χ1n) is 9.99. The van der Waals surface area contributed by atoms with E-state index in [1.165, 1.54) is 23.8 Å². The van der Waals surface area contributed by atoms with Crippen LogP contribution in [0.25, 0.3) is 0 Å². The minimum atomic E-state index is -3.26. The lowest BCUT2D eigenvalue weighted by Gasteiger charge is -2.29. The van der Waals surface area contributed by atoms with Crippen LogP contribution in [0.2, 0.25) is 0 Å². The number of carbonyl (C=O) groups excluding carboxylic acids is 1. The highest BCUT2D eigenvalue weighted by Crippen LogP contribution is 2.18. The molecule has 0 saturated heterocycles. The zero-order valence-corrected chi connectivity index (χ0v) is 21.2. The normalized spacial score (nSPS) is 13.7. The Labute approximate surface area is 205 Å². The lowest BCUT2D eigenvalue weighted by atomic mass is 10.00. The summed E-state index contributed by atoms with van der Waals surface area (Å²) >= 11 is 0. The average molecular weight is 574 g/mol. The van der Waals surface area contributed by atoms with Gasteiger partial charge in [0, 0.05) is 32.9 Å². The molecular weight excluding hydrogens is 546 g/mol. The average Bonchev–Trinajstić information content (AvgIpc) is 2.74. The highest BCUT2D eigenvalue weighted by atomic mass is 127. The second-order valence-electron chi connectivity index (χ2n) is 7.60. The molecule has 0 aromatic heterocycles. The van der Waals surface area contributed by atoms with E-state index >= 15 is 0 Å². The maximum Gasteiger partial charge on any atom is 0.242 e. The van der Waals surface area contributed by atoms with Gasteiger partial charge in [0.15, 0.2) is 15.8 Å². The van der Waals surface area contributed by atoms with Crippen LogP contribution in [-0.4, -0.2) is 51.6 Å². The third-order valence-electron chi connectivity index (χ3n) is 5.15.